The van der Waals surface area contributed by atoms with Gasteiger partial charge in [-0.15, -0.1) is 0 Å². The molecule has 0 saturated heterocycles. The van der Waals surface area contributed by atoms with Gasteiger partial charge in [0.25, 0.3) is 5.91 Å². The molecule has 0 aliphatic carbocycles. The second-order valence-corrected chi connectivity index (χ2v) is 6.41. The first-order valence-corrected chi connectivity index (χ1v) is 8.34. The van der Waals surface area contributed by atoms with Gasteiger partial charge in [0.15, 0.2) is 0 Å². The predicted molar refractivity (Wildman–Crippen MR) is 96.3 cm³/mol. The van der Waals surface area contributed by atoms with Crippen molar-refractivity contribution < 1.29 is 14.0 Å². The van der Waals surface area contributed by atoms with Gasteiger partial charge in [0, 0.05) is 15.9 Å². The van der Waals surface area contributed by atoms with Gasteiger partial charge in [-0.2, -0.15) is 0 Å². The van der Waals surface area contributed by atoms with E-state index in [4.69, 9.17) is 0 Å². The van der Waals surface area contributed by atoms with Crippen LogP contribution in [0.25, 0.3) is 0 Å². The van der Waals surface area contributed by atoms with Crippen LogP contribution in [0.4, 0.5) is 14.9 Å². The molecule has 0 fully saturated rings. The van der Waals surface area contributed by atoms with Gasteiger partial charge in [-0.3, -0.25) is 4.79 Å². The second-order valence-electron chi connectivity index (χ2n) is 5.55. The molecule has 2 aromatic rings. The van der Waals surface area contributed by atoms with Crippen molar-refractivity contribution in [1.29, 1.82) is 0 Å². The molecule has 3 amide bonds. The normalized spacial score (nSPS) is 16.9. The summed E-state index contributed by atoms with van der Waals surface area (Å²) in [6, 6.07) is 11.9. The third-order valence-corrected chi connectivity index (χ3v) is 4.55. The molecule has 0 radical (unpaired) electrons. The summed E-state index contributed by atoms with van der Waals surface area (Å²) in [7, 11) is 0. The first-order chi connectivity index (χ1) is 12.0. The first kappa shape index (κ1) is 17.2. The Hall–Kier alpha value is -2.67. The fraction of sp³-hybridized carbons (Fsp3) is 0.111. The quantitative estimate of drug-likeness (QED) is 0.728. The SMILES string of the molecule is CC1=C(C(=O)Nc2ccc(F)cc2)[C@H](c2ccccc2Br)NC(=O)N1. The van der Waals surface area contributed by atoms with Gasteiger partial charge < -0.3 is 16.0 Å². The molecule has 128 valence electrons. The number of rotatable bonds is 3. The molecule has 7 heteroatoms. The summed E-state index contributed by atoms with van der Waals surface area (Å²) >= 11 is 3.46. The van der Waals surface area contributed by atoms with E-state index in [1.807, 2.05) is 24.3 Å². The maximum Gasteiger partial charge on any atom is 0.319 e. The smallest absolute Gasteiger partial charge is 0.319 e. The lowest BCUT2D eigenvalue weighted by Crippen LogP contribution is -2.46. The van der Waals surface area contributed by atoms with Crippen LogP contribution in [0.3, 0.4) is 0 Å². The molecular formula is C18H15BrFN3O2. The third kappa shape index (κ3) is 3.71. The lowest BCUT2D eigenvalue weighted by molar-refractivity contribution is -0.113. The van der Waals surface area contributed by atoms with E-state index in [-0.39, 0.29) is 17.8 Å². The number of halogens is 2. The zero-order valence-corrected chi connectivity index (χ0v) is 14.9. The third-order valence-electron chi connectivity index (χ3n) is 3.83. The minimum atomic E-state index is -0.607. The number of hydrogen-bond donors (Lipinski definition) is 3. The largest absolute Gasteiger partial charge is 0.327 e. The Morgan fingerprint density at radius 2 is 1.84 bits per heavy atom. The van der Waals surface area contributed by atoms with E-state index in [2.05, 4.69) is 31.9 Å². The van der Waals surface area contributed by atoms with E-state index in [9.17, 15) is 14.0 Å². The minimum Gasteiger partial charge on any atom is -0.327 e. The van der Waals surface area contributed by atoms with E-state index < -0.39 is 6.04 Å². The van der Waals surface area contributed by atoms with Crippen LogP contribution in [0.5, 0.6) is 0 Å². The van der Waals surface area contributed by atoms with E-state index in [1.165, 1.54) is 24.3 Å². The summed E-state index contributed by atoms with van der Waals surface area (Å²) in [5.41, 5.74) is 2.08. The molecular weight excluding hydrogens is 389 g/mol. The number of urea groups is 1. The number of amides is 3. The van der Waals surface area contributed by atoms with Crippen molar-refractivity contribution in [3.63, 3.8) is 0 Å². The van der Waals surface area contributed by atoms with Crippen LogP contribution in [0, 0.1) is 5.82 Å². The highest BCUT2D eigenvalue weighted by atomic mass is 79.9. The van der Waals surface area contributed by atoms with Gasteiger partial charge in [-0.05, 0) is 42.8 Å². The van der Waals surface area contributed by atoms with Gasteiger partial charge in [-0.25, -0.2) is 9.18 Å². The molecule has 25 heavy (non-hydrogen) atoms. The number of allylic oxidation sites excluding steroid dienone is 1. The number of hydrogen-bond acceptors (Lipinski definition) is 2. The van der Waals surface area contributed by atoms with Gasteiger partial charge in [-0.1, -0.05) is 34.1 Å². The molecule has 1 heterocycles. The Kier molecular flexibility index (Phi) is 4.85. The van der Waals surface area contributed by atoms with Crippen LogP contribution in [0.2, 0.25) is 0 Å². The summed E-state index contributed by atoms with van der Waals surface area (Å²) in [6.07, 6.45) is 0. The number of benzene rings is 2. The van der Waals surface area contributed by atoms with Crippen LogP contribution in [-0.4, -0.2) is 11.9 Å². The molecule has 1 aliphatic rings. The molecule has 2 aromatic carbocycles. The lowest BCUT2D eigenvalue weighted by atomic mass is 9.95. The van der Waals surface area contributed by atoms with Crippen LogP contribution in [0.1, 0.15) is 18.5 Å². The van der Waals surface area contributed by atoms with Crippen molar-refractivity contribution in [3.8, 4) is 0 Å². The van der Waals surface area contributed by atoms with E-state index in [0.717, 1.165) is 10.0 Å². The highest BCUT2D eigenvalue weighted by molar-refractivity contribution is 9.10. The Morgan fingerprint density at radius 3 is 2.52 bits per heavy atom. The van der Waals surface area contributed by atoms with Crippen LogP contribution in [-0.2, 0) is 4.79 Å². The summed E-state index contributed by atoms with van der Waals surface area (Å²) < 4.78 is 13.8. The number of nitrogens with one attached hydrogen (secondary N) is 3. The number of carbonyl (C=O) groups is 2. The molecule has 0 bridgehead atoms. The molecule has 0 unspecified atom stereocenters. The van der Waals surface area contributed by atoms with Gasteiger partial charge in [0.2, 0.25) is 0 Å². The first-order valence-electron chi connectivity index (χ1n) is 7.55. The molecule has 3 N–H and O–H groups in total. The molecule has 1 aliphatic heterocycles. The van der Waals surface area contributed by atoms with Gasteiger partial charge >= 0.3 is 6.03 Å². The fourth-order valence-corrected chi connectivity index (χ4v) is 3.18. The molecule has 5 nitrogen and oxygen atoms in total. The predicted octanol–water partition coefficient (Wildman–Crippen LogP) is 3.85. The van der Waals surface area contributed by atoms with Crippen molar-refractivity contribution in [2.75, 3.05) is 5.32 Å². The van der Waals surface area contributed by atoms with E-state index >= 15 is 0 Å². The van der Waals surface area contributed by atoms with Crippen LogP contribution < -0.4 is 16.0 Å². The van der Waals surface area contributed by atoms with Crippen molar-refractivity contribution in [3.05, 3.63) is 75.7 Å². The Morgan fingerprint density at radius 1 is 1.16 bits per heavy atom. The molecule has 0 saturated carbocycles. The van der Waals surface area contributed by atoms with E-state index in [0.29, 0.717) is 17.0 Å². The molecule has 3 rings (SSSR count). The molecule has 0 aromatic heterocycles. The average molecular weight is 404 g/mol. The van der Waals surface area contributed by atoms with Crippen molar-refractivity contribution in [2.24, 2.45) is 0 Å². The summed E-state index contributed by atoms with van der Waals surface area (Å²) in [5, 5.41) is 8.12. The second kappa shape index (κ2) is 7.06. The van der Waals surface area contributed by atoms with Gasteiger partial charge in [0.1, 0.15) is 5.82 Å². The average Bonchev–Trinajstić information content (AvgIpc) is 2.56. The zero-order chi connectivity index (χ0) is 18.0. The maximum atomic E-state index is 13.0. The molecule has 1 atom stereocenters. The Bertz CT molecular complexity index is 865. The Balaban J connectivity index is 1.96. The highest BCUT2D eigenvalue weighted by Gasteiger charge is 2.32. The van der Waals surface area contributed by atoms with Crippen molar-refractivity contribution >= 4 is 33.6 Å². The monoisotopic (exact) mass is 403 g/mol. The fourth-order valence-electron chi connectivity index (χ4n) is 2.67. The standard InChI is InChI=1S/C18H15BrFN3O2/c1-10-15(17(24)22-12-8-6-11(20)7-9-12)16(23-18(25)21-10)13-4-2-3-5-14(13)19/h2-9,16H,1H3,(H,22,24)(H2,21,23,25)/t16-/m0/s1. The van der Waals surface area contributed by atoms with Crippen molar-refractivity contribution in [2.45, 2.75) is 13.0 Å². The van der Waals surface area contributed by atoms with Crippen molar-refractivity contribution in [1.82, 2.24) is 10.6 Å². The number of carbonyl (C=O) groups excluding carboxylic acids is 2. The topological polar surface area (TPSA) is 70.2 Å². The minimum absolute atomic E-state index is 0.377. The Labute approximate surface area is 152 Å². The van der Waals surface area contributed by atoms with Crippen LogP contribution in [0.15, 0.2) is 64.3 Å². The van der Waals surface area contributed by atoms with E-state index in [1.54, 1.807) is 6.92 Å². The summed E-state index contributed by atoms with van der Waals surface area (Å²) in [5.74, 6) is -0.761. The summed E-state index contributed by atoms with van der Waals surface area (Å²) in [6.45, 7) is 1.67. The number of anilines is 1. The zero-order valence-electron chi connectivity index (χ0n) is 13.3. The van der Waals surface area contributed by atoms with Gasteiger partial charge in [0.05, 0.1) is 11.6 Å². The molecule has 0 spiro atoms. The highest BCUT2D eigenvalue weighted by Crippen LogP contribution is 2.32. The maximum absolute atomic E-state index is 13.0. The summed E-state index contributed by atoms with van der Waals surface area (Å²) in [4.78, 5) is 24.7. The lowest BCUT2D eigenvalue weighted by Gasteiger charge is -2.29. The van der Waals surface area contributed by atoms with Crippen LogP contribution >= 0.6 is 15.9 Å².